The maximum Gasteiger partial charge on any atom is 0.122 e. The molecule has 0 bridgehead atoms. The van der Waals surface area contributed by atoms with E-state index in [4.69, 9.17) is 4.74 Å². The van der Waals surface area contributed by atoms with Crippen LogP contribution in [0.1, 0.15) is 22.8 Å². The van der Waals surface area contributed by atoms with Crippen molar-refractivity contribution >= 4 is 27.3 Å². The van der Waals surface area contributed by atoms with Crippen molar-refractivity contribution in [2.75, 3.05) is 13.7 Å². The largest absolute Gasteiger partial charge is 0.493 e. The molecule has 0 saturated heterocycles. The lowest BCUT2D eigenvalue weighted by atomic mass is 9.85. The van der Waals surface area contributed by atoms with Crippen molar-refractivity contribution in [3.63, 3.8) is 0 Å². The van der Waals surface area contributed by atoms with Gasteiger partial charge in [-0.2, -0.15) is 0 Å². The van der Waals surface area contributed by atoms with Crippen LogP contribution >= 0.6 is 27.3 Å². The fraction of sp³-hybridized carbons (Fsp3) is 0.375. The summed E-state index contributed by atoms with van der Waals surface area (Å²) < 4.78 is 6.97. The van der Waals surface area contributed by atoms with Gasteiger partial charge < -0.3 is 10.1 Å². The summed E-state index contributed by atoms with van der Waals surface area (Å²) >= 11 is 5.37. The van der Waals surface area contributed by atoms with Crippen LogP contribution in [-0.4, -0.2) is 19.7 Å². The average Bonchev–Trinajstić information content (AvgIpc) is 2.89. The highest BCUT2D eigenvalue weighted by molar-refractivity contribution is 9.11. The molecule has 0 aliphatic carbocycles. The van der Waals surface area contributed by atoms with Gasteiger partial charge in [0, 0.05) is 16.8 Å². The number of para-hydroxylation sites is 1. The van der Waals surface area contributed by atoms with Gasteiger partial charge in [0.1, 0.15) is 5.75 Å². The van der Waals surface area contributed by atoms with Crippen LogP contribution in [0.25, 0.3) is 0 Å². The summed E-state index contributed by atoms with van der Waals surface area (Å²) in [4.78, 5) is 1.42. The summed E-state index contributed by atoms with van der Waals surface area (Å²) in [5.74, 6) is 1.57. The summed E-state index contributed by atoms with van der Waals surface area (Å²) in [6, 6.07) is 13.2. The zero-order valence-electron chi connectivity index (χ0n) is 11.4. The van der Waals surface area contributed by atoms with Crippen LogP contribution in [0, 0.1) is 0 Å². The zero-order chi connectivity index (χ0) is 13.9. The maximum atomic E-state index is 5.77. The molecule has 2 nitrogen and oxygen atoms in total. The Morgan fingerprint density at radius 3 is 2.95 bits per heavy atom. The predicted molar refractivity (Wildman–Crippen MR) is 87.9 cm³/mol. The van der Waals surface area contributed by atoms with Gasteiger partial charge in [0.25, 0.3) is 0 Å². The van der Waals surface area contributed by atoms with Gasteiger partial charge in [-0.1, -0.05) is 18.2 Å². The SMILES string of the molecule is CNC(Cc1ccc(Br)s1)C1CCOc2ccccc21. The Morgan fingerprint density at radius 2 is 2.20 bits per heavy atom. The van der Waals surface area contributed by atoms with Crippen LogP contribution in [-0.2, 0) is 6.42 Å². The number of hydrogen-bond donors (Lipinski definition) is 1. The number of halogens is 1. The molecule has 2 unspecified atom stereocenters. The van der Waals surface area contributed by atoms with Gasteiger partial charge in [-0.25, -0.2) is 0 Å². The highest BCUT2D eigenvalue weighted by Crippen LogP contribution is 2.37. The molecular weight excluding hydrogens is 334 g/mol. The molecular formula is C16H18BrNOS. The van der Waals surface area contributed by atoms with E-state index in [0.29, 0.717) is 12.0 Å². The minimum Gasteiger partial charge on any atom is -0.493 e. The number of thiophene rings is 1. The Kier molecular flexibility index (Phi) is 4.44. The first-order chi connectivity index (χ1) is 9.78. The lowest BCUT2D eigenvalue weighted by Crippen LogP contribution is -2.36. The van der Waals surface area contributed by atoms with E-state index in [2.05, 4.69) is 58.6 Å². The fourth-order valence-electron chi connectivity index (χ4n) is 2.91. The second kappa shape index (κ2) is 6.29. The number of rotatable bonds is 4. The summed E-state index contributed by atoms with van der Waals surface area (Å²) in [5, 5.41) is 3.51. The molecule has 1 N–H and O–H groups in total. The molecule has 3 rings (SSSR count). The molecule has 2 atom stereocenters. The third-order valence-electron chi connectivity index (χ3n) is 3.91. The first-order valence-electron chi connectivity index (χ1n) is 6.91. The lowest BCUT2D eigenvalue weighted by Gasteiger charge is -2.32. The van der Waals surface area contributed by atoms with E-state index in [1.54, 1.807) is 0 Å². The molecule has 1 aromatic carbocycles. The third kappa shape index (κ3) is 2.92. The number of nitrogens with one attached hydrogen (secondary N) is 1. The molecule has 0 fully saturated rings. The predicted octanol–water partition coefficient (Wildman–Crippen LogP) is 4.21. The Hall–Kier alpha value is -0.840. The molecule has 1 aromatic heterocycles. The molecule has 1 aliphatic rings. The molecule has 2 aromatic rings. The molecule has 2 heterocycles. The molecule has 0 spiro atoms. The van der Waals surface area contributed by atoms with E-state index < -0.39 is 0 Å². The van der Waals surface area contributed by atoms with Crippen LogP contribution in [0.15, 0.2) is 40.2 Å². The molecule has 106 valence electrons. The van der Waals surface area contributed by atoms with Gasteiger partial charge in [-0.3, -0.25) is 0 Å². The number of ether oxygens (including phenoxy) is 1. The number of hydrogen-bond acceptors (Lipinski definition) is 3. The zero-order valence-corrected chi connectivity index (χ0v) is 13.8. The molecule has 1 aliphatic heterocycles. The Bertz CT molecular complexity index is 583. The highest BCUT2D eigenvalue weighted by Gasteiger charge is 2.28. The number of benzene rings is 1. The molecule has 4 heteroatoms. The second-order valence-electron chi connectivity index (χ2n) is 5.09. The van der Waals surface area contributed by atoms with E-state index >= 15 is 0 Å². The van der Waals surface area contributed by atoms with Crippen molar-refractivity contribution in [3.8, 4) is 5.75 Å². The van der Waals surface area contributed by atoms with Crippen molar-refractivity contribution < 1.29 is 4.74 Å². The van der Waals surface area contributed by atoms with E-state index in [-0.39, 0.29) is 0 Å². The van der Waals surface area contributed by atoms with Gasteiger partial charge in [0.15, 0.2) is 0 Å². The summed E-state index contributed by atoms with van der Waals surface area (Å²) in [5.41, 5.74) is 1.34. The maximum absolute atomic E-state index is 5.77. The van der Waals surface area contributed by atoms with Crippen molar-refractivity contribution in [1.82, 2.24) is 5.32 Å². The second-order valence-corrected chi connectivity index (χ2v) is 7.63. The first kappa shape index (κ1) is 14.1. The molecule has 20 heavy (non-hydrogen) atoms. The van der Waals surface area contributed by atoms with E-state index in [9.17, 15) is 0 Å². The Balaban J connectivity index is 1.83. The monoisotopic (exact) mass is 351 g/mol. The van der Waals surface area contributed by atoms with Crippen LogP contribution in [0.2, 0.25) is 0 Å². The smallest absolute Gasteiger partial charge is 0.122 e. The lowest BCUT2D eigenvalue weighted by molar-refractivity contribution is 0.247. The molecule has 0 amide bonds. The average molecular weight is 352 g/mol. The summed E-state index contributed by atoms with van der Waals surface area (Å²) in [6.07, 6.45) is 2.14. The van der Waals surface area contributed by atoms with Crippen molar-refractivity contribution in [1.29, 1.82) is 0 Å². The minimum absolute atomic E-state index is 0.450. The molecule has 0 radical (unpaired) electrons. The van der Waals surface area contributed by atoms with Crippen molar-refractivity contribution in [3.05, 3.63) is 50.6 Å². The quantitative estimate of drug-likeness (QED) is 0.890. The normalized spacial score (nSPS) is 19.2. The summed E-state index contributed by atoms with van der Waals surface area (Å²) in [6.45, 7) is 0.813. The first-order valence-corrected chi connectivity index (χ1v) is 8.52. The topological polar surface area (TPSA) is 21.3 Å². The van der Waals surface area contributed by atoms with Crippen LogP contribution in [0.5, 0.6) is 5.75 Å². The van der Waals surface area contributed by atoms with Gasteiger partial charge in [0.2, 0.25) is 0 Å². The highest BCUT2D eigenvalue weighted by atomic mass is 79.9. The van der Waals surface area contributed by atoms with E-state index in [1.165, 1.54) is 14.2 Å². The fourth-order valence-corrected chi connectivity index (χ4v) is 4.45. The van der Waals surface area contributed by atoms with Gasteiger partial charge >= 0.3 is 0 Å². The standard InChI is InChI=1S/C16H18BrNOS/c1-18-14(10-11-6-7-16(17)20-11)12-8-9-19-15-5-3-2-4-13(12)15/h2-7,12,14,18H,8-10H2,1H3. The van der Waals surface area contributed by atoms with Gasteiger partial charge in [-0.15, -0.1) is 11.3 Å². The van der Waals surface area contributed by atoms with Gasteiger partial charge in [-0.05, 0) is 59.6 Å². The minimum atomic E-state index is 0.450. The third-order valence-corrected chi connectivity index (χ3v) is 5.56. The van der Waals surface area contributed by atoms with Crippen molar-refractivity contribution in [2.45, 2.75) is 24.8 Å². The van der Waals surface area contributed by atoms with E-state index in [1.807, 2.05) is 17.4 Å². The number of likely N-dealkylation sites (N-methyl/N-ethyl adjacent to an activating group) is 1. The Labute approximate surface area is 132 Å². The Morgan fingerprint density at radius 1 is 1.35 bits per heavy atom. The van der Waals surface area contributed by atoms with Crippen LogP contribution in [0.4, 0.5) is 0 Å². The van der Waals surface area contributed by atoms with Crippen molar-refractivity contribution in [2.24, 2.45) is 0 Å². The van der Waals surface area contributed by atoms with Gasteiger partial charge in [0.05, 0.1) is 10.4 Å². The summed E-state index contributed by atoms with van der Waals surface area (Å²) in [7, 11) is 2.06. The van der Waals surface area contributed by atoms with Crippen LogP contribution < -0.4 is 10.1 Å². The van der Waals surface area contributed by atoms with E-state index in [0.717, 1.165) is 25.2 Å². The molecule has 0 saturated carbocycles. The number of fused-ring (bicyclic) bond motifs is 1. The van der Waals surface area contributed by atoms with Crippen LogP contribution in [0.3, 0.4) is 0 Å².